The Labute approximate surface area is 288 Å². The minimum absolute atomic E-state index is 0.0277. The van der Waals surface area contributed by atoms with Crippen molar-refractivity contribution in [2.45, 2.75) is 87.6 Å². The fourth-order valence-corrected chi connectivity index (χ4v) is 7.44. The summed E-state index contributed by atoms with van der Waals surface area (Å²) in [5.41, 5.74) is 4.37. The number of ether oxygens (including phenoxy) is 2. The third-order valence-corrected chi connectivity index (χ3v) is 11.4. The van der Waals surface area contributed by atoms with Gasteiger partial charge in [0.05, 0.1) is 35.7 Å². The van der Waals surface area contributed by atoms with Crippen LogP contribution < -0.4 is 9.47 Å². The number of methoxy groups -OCH3 is 1. The van der Waals surface area contributed by atoms with Gasteiger partial charge in [-0.15, -0.1) is 0 Å². The van der Waals surface area contributed by atoms with Crippen LogP contribution in [0.5, 0.6) is 17.2 Å². The van der Waals surface area contributed by atoms with Crippen LogP contribution in [0, 0.1) is 19.3 Å². The van der Waals surface area contributed by atoms with Gasteiger partial charge >= 0.3 is 0 Å². The topological polar surface area (TPSA) is 132 Å². The molecular weight excluding hydrogens is 644 g/mol. The quantitative estimate of drug-likeness (QED) is 0.0856. The Morgan fingerprint density at radius 2 is 1.31 bits per heavy atom. The Morgan fingerprint density at radius 3 is 1.88 bits per heavy atom. The van der Waals surface area contributed by atoms with Crippen molar-refractivity contribution in [3.63, 3.8) is 0 Å². The summed E-state index contributed by atoms with van der Waals surface area (Å²) in [5, 5.41) is 30.4. The number of aliphatic hydroxyl groups excluding tert-OH is 3. The summed E-state index contributed by atoms with van der Waals surface area (Å²) >= 11 is 0. The molecule has 0 unspecified atom stereocenters. The fourth-order valence-electron chi connectivity index (χ4n) is 6.18. The lowest BCUT2D eigenvalue weighted by Gasteiger charge is -2.40. The summed E-state index contributed by atoms with van der Waals surface area (Å²) in [6.07, 6.45) is -2.79. The Kier molecular flexibility index (Phi) is 10.9. The number of aryl methyl sites for hydroxylation is 2. The highest BCUT2D eigenvalue weighted by atomic mass is 32.2. The molecule has 2 atom stereocenters. The van der Waals surface area contributed by atoms with E-state index in [1.54, 1.807) is 24.3 Å². The van der Waals surface area contributed by atoms with Crippen LogP contribution >= 0.6 is 0 Å². The third-order valence-electron chi connectivity index (χ3n) is 9.64. The molecule has 3 N–H and O–H groups in total. The molecule has 10 heteroatoms. The Bertz CT molecular complexity index is 1840. The molecule has 262 valence electrons. The summed E-state index contributed by atoms with van der Waals surface area (Å²) in [5.74, 6) is 1.51. The predicted molar refractivity (Wildman–Crippen MR) is 186 cm³/mol. The van der Waals surface area contributed by atoms with Gasteiger partial charge in [0, 0.05) is 11.0 Å². The molecule has 49 heavy (non-hydrogen) atoms. The highest BCUT2D eigenvalue weighted by molar-refractivity contribution is 7.91. The largest absolute Gasteiger partial charge is 0.497 e. The Balaban J connectivity index is 1.38. The highest BCUT2D eigenvalue weighted by Gasteiger charge is 2.42. The molecule has 0 heterocycles. The molecule has 0 spiro atoms. The molecule has 1 fully saturated rings. The van der Waals surface area contributed by atoms with Crippen molar-refractivity contribution < 1.29 is 43.0 Å². The van der Waals surface area contributed by atoms with Crippen LogP contribution in [0.15, 0.2) is 94.7 Å². The van der Waals surface area contributed by atoms with Gasteiger partial charge in [0.1, 0.15) is 30.0 Å². The average Bonchev–Trinajstić information content (AvgIpc) is 3.07. The molecule has 1 aliphatic carbocycles. The van der Waals surface area contributed by atoms with E-state index < -0.39 is 33.6 Å². The molecule has 4 aromatic carbocycles. The van der Waals surface area contributed by atoms with Crippen LogP contribution in [-0.2, 0) is 31.6 Å². The van der Waals surface area contributed by atoms with Crippen molar-refractivity contribution in [3.05, 3.63) is 113 Å². The molecule has 0 saturated heterocycles. The smallest absolute Gasteiger partial charge is 0.206 e. The van der Waals surface area contributed by atoms with Crippen LogP contribution in [0.25, 0.3) is 0 Å². The molecule has 4 aromatic rings. The fraction of sp³-hybridized carbons (Fsp3) is 0.385. The van der Waals surface area contributed by atoms with Gasteiger partial charge in [-0.1, -0.05) is 45.0 Å². The molecular formula is C39H46O9S. The van der Waals surface area contributed by atoms with Crippen LogP contribution in [0.3, 0.4) is 0 Å². The second-order valence-corrected chi connectivity index (χ2v) is 15.8. The van der Waals surface area contributed by atoms with E-state index in [0.717, 1.165) is 11.1 Å². The summed E-state index contributed by atoms with van der Waals surface area (Å²) in [6, 6.07) is 24.8. The second kappa shape index (κ2) is 14.6. The molecule has 0 aliphatic heterocycles. The molecule has 0 bridgehead atoms. The number of aliphatic hydroxyl groups is 3. The van der Waals surface area contributed by atoms with E-state index in [4.69, 9.17) is 19.2 Å². The zero-order chi connectivity index (χ0) is 35.6. The van der Waals surface area contributed by atoms with E-state index in [-0.39, 0.29) is 41.3 Å². The van der Waals surface area contributed by atoms with E-state index >= 15 is 0 Å². The lowest BCUT2D eigenvalue weighted by Crippen LogP contribution is -2.49. The Hall–Kier alpha value is -3.77. The van der Waals surface area contributed by atoms with Crippen LogP contribution in [0.4, 0.5) is 0 Å². The first-order valence-electron chi connectivity index (χ1n) is 16.3. The summed E-state index contributed by atoms with van der Waals surface area (Å²) < 4.78 is 37.9. The first-order valence-corrected chi connectivity index (χ1v) is 17.8. The average molecular weight is 691 g/mol. The summed E-state index contributed by atoms with van der Waals surface area (Å²) in [7, 11) is -2.23. The van der Waals surface area contributed by atoms with Crippen molar-refractivity contribution in [1.29, 1.82) is 0 Å². The zero-order valence-corrected chi connectivity index (χ0v) is 29.7. The third kappa shape index (κ3) is 8.17. The number of benzene rings is 4. The number of rotatable bonds is 12. The van der Waals surface area contributed by atoms with Crippen molar-refractivity contribution in [2.24, 2.45) is 5.41 Å². The van der Waals surface area contributed by atoms with Crippen LogP contribution in [0.1, 0.15) is 61.4 Å². The van der Waals surface area contributed by atoms with Gasteiger partial charge in [-0.25, -0.2) is 18.2 Å². The number of sulfone groups is 1. The van der Waals surface area contributed by atoms with Gasteiger partial charge in [-0.2, -0.15) is 0 Å². The standard InChI is InChI=1S/C39H46O9S/c1-25-7-8-28(19-26(25)2)38(3,4)29-9-18-36(27(20-29)23-46-47-24-39(5)21-34(40)37(42)35(41)22-39)48-31-12-16-33(17-13-31)49(43,44)32-14-10-30(45-6)11-15-32/h7-20,34-35,37,40-42H,21-24H2,1-6H3/t34-,35-,37?,39?/m1/s1. The molecule has 0 aromatic heterocycles. The number of hydrogen-bond donors (Lipinski definition) is 3. The van der Waals surface area contributed by atoms with Gasteiger partial charge in [0.15, 0.2) is 0 Å². The van der Waals surface area contributed by atoms with Gasteiger partial charge in [-0.3, -0.25) is 0 Å². The van der Waals surface area contributed by atoms with Crippen LogP contribution in [0.2, 0.25) is 0 Å². The molecule has 1 saturated carbocycles. The SMILES string of the molecule is COc1ccc(S(=O)(=O)c2ccc(Oc3ccc(C(C)(C)c4ccc(C)c(C)c4)cc3COOCC3(C)C[C@@H](O)C(O)[C@H](O)C3)cc2)cc1. The maximum Gasteiger partial charge on any atom is 0.206 e. The highest BCUT2D eigenvalue weighted by Crippen LogP contribution is 2.39. The van der Waals surface area contributed by atoms with Crippen molar-refractivity contribution in [3.8, 4) is 17.2 Å². The van der Waals surface area contributed by atoms with Gasteiger partial charge in [0.25, 0.3) is 0 Å². The monoisotopic (exact) mass is 690 g/mol. The summed E-state index contributed by atoms with van der Waals surface area (Å²) in [6.45, 7) is 10.5. The number of hydrogen-bond acceptors (Lipinski definition) is 9. The van der Waals surface area contributed by atoms with E-state index in [1.165, 1.54) is 42.5 Å². The van der Waals surface area contributed by atoms with E-state index in [2.05, 4.69) is 45.9 Å². The van der Waals surface area contributed by atoms with Gasteiger partial charge in [-0.05, 0) is 115 Å². The second-order valence-electron chi connectivity index (χ2n) is 13.9. The lowest BCUT2D eigenvalue weighted by atomic mass is 9.72. The lowest BCUT2D eigenvalue weighted by molar-refractivity contribution is -0.323. The van der Waals surface area contributed by atoms with Crippen LogP contribution in [-0.4, -0.2) is 55.8 Å². The first-order chi connectivity index (χ1) is 23.1. The van der Waals surface area contributed by atoms with E-state index in [1.807, 2.05) is 25.1 Å². The van der Waals surface area contributed by atoms with E-state index in [9.17, 15) is 23.7 Å². The molecule has 9 nitrogen and oxygen atoms in total. The Morgan fingerprint density at radius 1 is 0.755 bits per heavy atom. The minimum atomic E-state index is -3.75. The minimum Gasteiger partial charge on any atom is -0.497 e. The maximum atomic E-state index is 13.2. The van der Waals surface area contributed by atoms with Gasteiger partial charge < -0.3 is 24.8 Å². The van der Waals surface area contributed by atoms with Crippen molar-refractivity contribution >= 4 is 9.84 Å². The normalized spacial score (nSPS) is 21.4. The van der Waals surface area contributed by atoms with Crippen molar-refractivity contribution in [1.82, 2.24) is 0 Å². The summed E-state index contributed by atoms with van der Waals surface area (Å²) in [4.78, 5) is 11.6. The molecule has 0 radical (unpaired) electrons. The predicted octanol–water partition coefficient (Wildman–Crippen LogP) is 6.59. The van der Waals surface area contributed by atoms with Crippen molar-refractivity contribution in [2.75, 3.05) is 13.7 Å². The maximum absolute atomic E-state index is 13.2. The first kappa shape index (κ1) is 36.5. The molecule has 1 aliphatic rings. The molecule has 5 rings (SSSR count). The molecule has 0 amide bonds. The zero-order valence-electron chi connectivity index (χ0n) is 28.8. The van der Waals surface area contributed by atoms with Gasteiger partial charge in [0.2, 0.25) is 9.84 Å². The van der Waals surface area contributed by atoms with E-state index in [0.29, 0.717) is 22.8 Å².